The highest BCUT2D eigenvalue weighted by atomic mass is 32.2. The molecular formula is C22H23F3N2O5S. The van der Waals surface area contributed by atoms with Gasteiger partial charge < -0.3 is 14.7 Å². The third-order valence-electron chi connectivity index (χ3n) is 5.82. The topological polar surface area (TPSA) is 90.7 Å². The monoisotopic (exact) mass is 484 g/mol. The number of hydrogen-bond donors (Lipinski definition) is 1. The SMILES string of the molecule is Cc1cc(-c2cc(S(=O)(=O)C(C)C(F)(F)F)ccc2OC2CCOCC2)c2ccnc-2n1O. The fraction of sp³-hybridized carbons (Fsp3) is 0.409. The summed E-state index contributed by atoms with van der Waals surface area (Å²) < 4.78 is 77.7. The molecule has 1 aromatic rings. The number of aromatic nitrogens is 2. The number of halogens is 3. The lowest BCUT2D eigenvalue weighted by Gasteiger charge is -2.26. The molecule has 0 bridgehead atoms. The first-order valence-corrected chi connectivity index (χ1v) is 11.9. The fourth-order valence-corrected chi connectivity index (χ4v) is 5.10. The molecule has 0 aliphatic carbocycles. The number of rotatable bonds is 5. The van der Waals surface area contributed by atoms with Crippen molar-refractivity contribution < 1.29 is 36.3 Å². The number of pyridine rings is 1. The molecule has 0 aromatic heterocycles. The van der Waals surface area contributed by atoms with Crippen molar-refractivity contribution in [1.82, 2.24) is 9.71 Å². The molecule has 0 amide bonds. The Balaban J connectivity index is 1.88. The second-order valence-electron chi connectivity index (χ2n) is 8.01. The first-order valence-electron chi connectivity index (χ1n) is 10.4. The Bertz CT molecular complexity index is 1230. The van der Waals surface area contributed by atoms with E-state index >= 15 is 0 Å². The Morgan fingerprint density at radius 2 is 1.85 bits per heavy atom. The van der Waals surface area contributed by atoms with E-state index in [-0.39, 0.29) is 11.9 Å². The van der Waals surface area contributed by atoms with Gasteiger partial charge in [-0.3, -0.25) is 0 Å². The van der Waals surface area contributed by atoms with Crippen LogP contribution in [0.4, 0.5) is 13.2 Å². The smallest absolute Gasteiger partial charge is 0.405 e. The molecule has 1 atom stereocenters. The highest BCUT2D eigenvalue weighted by Crippen LogP contribution is 2.41. The van der Waals surface area contributed by atoms with Gasteiger partial charge in [0.25, 0.3) is 0 Å². The van der Waals surface area contributed by atoms with Crippen molar-refractivity contribution >= 4 is 9.84 Å². The van der Waals surface area contributed by atoms with Crippen LogP contribution in [0.25, 0.3) is 22.5 Å². The number of sulfone groups is 1. The molecule has 4 rings (SSSR count). The van der Waals surface area contributed by atoms with Crippen LogP contribution in [0.5, 0.6) is 5.75 Å². The Morgan fingerprint density at radius 1 is 1.15 bits per heavy atom. The molecule has 1 aromatic carbocycles. The molecule has 3 heterocycles. The van der Waals surface area contributed by atoms with Gasteiger partial charge in [-0.1, -0.05) is 0 Å². The standard InChI is InChI=1S/C22H23F3N2O5S/c1-13-11-18(17-5-8-26-21(17)27(13)28)19-12-16(33(29,30)14(2)22(23,24)25)3-4-20(19)32-15-6-9-31-10-7-15/h3-5,8,11-12,14-15,28H,6-7,9-10H2,1-2H3. The lowest BCUT2D eigenvalue weighted by atomic mass is 9.98. The third-order valence-corrected chi connectivity index (χ3v) is 7.92. The predicted molar refractivity (Wildman–Crippen MR) is 113 cm³/mol. The summed E-state index contributed by atoms with van der Waals surface area (Å²) in [7, 11) is -4.71. The zero-order valence-electron chi connectivity index (χ0n) is 18.0. The van der Waals surface area contributed by atoms with Gasteiger partial charge in [-0.05, 0) is 49.7 Å². The van der Waals surface area contributed by atoms with Gasteiger partial charge in [-0.15, -0.1) is 0 Å². The number of hydrogen-bond acceptors (Lipinski definition) is 6. The zero-order chi connectivity index (χ0) is 24.0. The van der Waals surface area contributed by atoms with Gasteiger partial charge in [-0.2, -0.15) is 17.9 Å². The maximum atomic E-state index is 13.3. The molecule has 0 radical (unpaired) electrons. The van der Waals surface area contributed by atoms with Gasteiger partial charge in [-0.25, -0.2) is 13.4 Å². The minimum atomic E-state index is -4.91. The van der Waals surface area contributed by atoms with E-state index in [1.54, 1.807) is 19.1 Å². The first-order chi connectivity index (χ1) is 15.5. The van der Waals surface area contributed by atoms with Crippen molar-refractivity contribution in [1.29, 1.82) is 0 Å². The molecule has 1 fully saturated rings. The molecule has 0 saturated carbocycles. The number of nitrogens with zero attached hydrogens (tertiary/aromatic N) is 2. The summed E-state index contributed by atoms with van der Waals surface area (Å²) in [5.41, 5.74) is 1.70. The lowest BCUT2D eigenvalue weighted by molar-refractivity contribution is -0.126. The number of benzene rings is 1. The molecule has 3 aliphatic rings. The number of fused-ring (bicyclic) bond motifs is 1. The van der Waals surface area contributed by atoms with E-state index in [1.165, 1.54) is 18.3 Å². The van der Waals surface area contributed by atoms with Gasteiger partial charge in [0.15, 0.2) is 20.9 Å². The van der Waals surface area contributed by atoms with E-state index in [9.17, 15) is 26.8 Å². The average Bonchev–Trinajstić information content (AvgIpc) is 3.26. The average molecular weight is 484 g/mol. The first kappa shape index (κ1) is 23.4. The largest absolute Gasteiger partial charge is 0.490 e. The van der Waals surface area contributed by atoms with Crippen molar-refractivity contribution in [2.75, 3.05) is 13.2 Å². The molecule has 1 N–H and O–H groups in total. The summed E-state index contributed by atoms with van der Waals surface area (Å²) in [6.45, 7) is 3.29. The van der Waals surface area contributed by atoms with Gasteiger partial charge in [0.05, 0.1) is 23.8 Å². The van der Waals surface area contributed by atoms with Crippen molar-refractivity contribution in [3.05, 3.63) is 42.2 Å². The third kappa shape index (κ3) is 4.39. The van der Waals surface area contributed by atoms with Crippen molar-refractivity contribution in [3.8, 4) is 28.3 Å². The minimum absolute atomic E-state index is 0.185. The molecule has 178 valence electrons. The summed E-state index contributed by atoms with van der Waals surface area (Å²) in [5, 5.41) is 7.71. The van der Waals surface area contributed by atoms with Crippen LogP contribution in [0.2, 0.25) is 0 Å². The molecule has 0 spiro atoms. The lowest BCUT2D eigenvalue weighted by Crippen LogP contribution is -2.33. The summed E-state index contributed by atoms with van der Waals surface area (Å²) >= 11 is 0. The molecule has 1 saturated heterocycles. The summed E-state index contributed by atoms with van der Waals surface area (Å²) in [4.78, 5) is 3.67. The molecule has 3 aliphatic heterocycles. The second-order valence-corrected chi connectivity index (χ2v) is 10.3. The van der Waals surface area contributed by atoms with Crippen LogP contribution in [0.15, 0.2) is 41.4 Å². The van der Waals surface area contributed by atoms with Crippen molar-refractivity contribution in [2.24, 2.45) is 0 Å². The van der Waals surface area contributed by atoms with Crippen LogP contribution in [0.3, 0.4) is 0 Å². The van der Waals surface area contributed by atoms with Crippen molar-refractivity contribution in [3.63, 3.8) is 0 Å². The highest BCUT2D eigenvalue weighted by molar-refractivity contribution is 7.92. The highest BCUT2D eigenvalue weighted by Gasteiger charge is 2.46. The van der Waals surface area contributed by atoms with Gasteiger partial charge >= 0.3 is 6.18 Å². The Morgan fingerprint density at radius 3 is 2.52 bits per heavy atom. The van der Waals surface area contributed by atoms with E-state index in [0.29, 0.717) is 61.1 Å². The molecule has 11 heteroatoms. The summed E-state index contributed by atoms with van der Waals surface area (Å²) in [6, 6.07) is 6.97. The Labute approximate surface area is 189 Å². The van der Waals surface area contributed by atoms with Crippen LogP contribution in [-0.4, -0.2) is 54.1 Å². The maximum Gasteiger partial charge on any atom is 0.405 e. The van der Waals surface area contributed by atoms with Crippen LogP contribution in [0.1, 0.15) is 25.5 Å². The van der Waals surface area contributed by atoms with Crippen LogP contribution < -0.4 is 4.74 Å². The number of alkyl halides is 3. The van der Waals surface area contributed by atoms with Crippen LogP contribution in [0, 0.1) is 6.92 Å². The molecule has 33 heavy (non-hydrogen) atoms. The Kier molecular flexibility index (Phi) is 6.04. The maximum absolute atomic E-state index is 13.3. The van der Waals surface area contributed by atoms with E-state index in [0.717, 1.165) is 10.8 Å². The predicted octanol–water partition coefficient (Wildman–Crippen LogP) is 4.48. The summed E-state index contributed by atoms with van der Waals surface area (Å²) in [6.07, 6.45) is -2.36. The minimum Gasteiger partial charge on any atom is -0.490 e. The second kappa shape index (κ2) is 8.53. The zero-order valence-corrected chi connectivity index (χ0v) is 18.8. The fourth-order valence-electron chi connectivity index (χ4n) is 3.80. The van der Waals surface area contributed by atoms with Crippen LogP contribution >= 0.6 is 0 Å². The van der Waals surface area contributed by atoms with Gasteiger partial charge in [0, 0.05) is 30.2 Å². The van der Waals surface area contributed by atoms with E-state index in [1.807, 2.05) is 0 Å². The Hall–Kier alpha value is -2.79. The molecule has 7 nitrogen and oxygen atoms in total. The van der Waals surface area contributed by atoms with E-state index in [4.69, 9.17) is 9.47 Å². The van der Waals surface area contributed by atoms with Crippen LogP contribution in [-0.2, 0) is 14.6 Å². The summed E-state index contributed by atoms with van der Waals surface area (Å²) in [5.74, 6) is 0.567. The molecule has 1 unspecified atom stereocenters. The van der Waals surface area contributed by atoms with E-state index < -0.39 is 26.2 Å². The van der Waals surface area contributed by atoms with Crippen molar-refractivity contribution in [2.45, 2.75) is 49.1 Å². The van der Waals surface area contributed by atoms with E-state index in [2.05, 4.69) is 4.98 Å². The molecular weight excluding hydrogens is 461 g/mol. The number of aryl methyl sites for hydroxylation is 1. The van der Waals surface area contributed by atoms with Gasteiger partial charge in [0.1, 0.15) is 11.9 Å². The normalized spacial score (nSPS) is 16.8. The number of ether oxygens (including phenoxy) is 2. The van der Waals surface area contributed by atoms with Gasteiger partial charge in [0.2, 0.25) is 0 Å². The quantitative estimate of drug-likeness (QED) is 0.537.